The fourth-order valence-electron chi connectivity index (χ4n) is 1.20. The minimum absolute atomic E-state index is 0.126. The zero-order valence-corrected chi connectivity index (χ0v) is 10.9. The highest BCUT2D eigenvalue weighted by molar-refractivity contribution is 7.89. The van der Waals surface area contributed by atoms with Gasteiger partial charge in [0.1, 0.15) is 6.04 Å². The van der Waals surface area contributed by atoms with Crippen LogP contribution in [0.1, 0.15) is 6.92 Å². The van der Waals surface area contributed by atoms with E-state index in [-0.39, 0.29) is 4.90 Å². The molecule has 0 aliphatic heterocycles. The van der Waals surface area contributed by atoms with Crippen molar-refractivity contribution < 1.29 is 23.4 Å². The van der Waals surface area contributed by atoms with E-state index in [1.807, 2.05) is 4.72 Å². The molecule has 0 saturated heterocycles. The first-order chi connectivity index (χ1) is 8.24. The number of aliphatic hydroxyl groups is 1. The molecule has 0 spiro atoms. The molecule has 1 aromatic rings. The van der Waals surface area contributed by atoms with Crippen molar-refractivity contribution in [3.05, 3.63) is 29.3 Å². The Balaban J connectivity index is 3.01. The lowest BCUT2D eigenvalue weighted by Gasteiger charge is -2.17. The predicted molar refractivity (Wildman–Crippen MR) is 64.9 cm³/mol. The number of carboxylic acid groups (broad SMARTS) is 1. The predicted octanol–water partition coefficient (Wildman–Crippen LogP) is 0.452. The minimum atomic E-state index is -4.02. The van der Waals surface area contributed by atoms with Gasteiger partial charge in [-0.3, -0.25) is 4.79 Å². The summed E-state index contributed by atoms with van der Waals surface area (Å²) in [6, 6.07) is 3.62. The van der Waals surface area contributed by atoms with E-state index >= 15 is 0 Å². The zero-order chi connectivity index (χ0) is 13.9. The molecule has 0 heterocycles. The molecule has 18 heavy (non-hydrogen) atoms. The zero-order valence-electron chi connectivity index (χ0n) is 9.37. The van der Waals surface area contributed by atoms with Crippen LogP contribution in [0.5, 0.6) is 0 Å². The van der Waals surface area contributed by atoms with E-state index in [4.69, 9.17) is 16.7 Å². The summed E-state index contributed by atoms with van der Waals surface area (Å²) in [6.45, 7) is 1.18. The lowest BCUT2D eigenvalue weighted by molar-refractivity contribution is -0.141. The summed E-state index contributed by atoms with van der Waals surface area (Å²) < 4.78 is 25.6. The van der Waals surface area contributed by atoms with E-state index in [9.17, 15) is 18.3 Å². The number of hydrogen-bond acceptors (Lipinski definition) is 4. The molecule has 2 atom stereocenters. The molecule has 0 unspecified atom stereocenters. The van der Waals surface area contributed by atoms with Gasteiger partial charge in [-0.1, -0.05) is 11.6 Å². The number of carbonyl (C=O) groups is 1. The Hall–Kier alpha value is -1.15. The lowest BCUT2D eigenvalue weighted by atomic mass is 10.2. The fourth-order valence-corrected chi connectivity index (χ4v) is 2.59. The molecule has 0 aliphatic carbocycles. The van der Waals surface area contributed by atoms with Crippen molar-refractivity contribution in [2.24, 2.45) is 0 Å². The second-order valence-corrected chi connectivity index (χ2v) is 5.78. The topological polar surface area (TPSA) is 104 Å². The Morgan fingerprint density at radius 3 is 2.22 bits per heavy atom. The molecule has 8 heteroatoms. The van der Waals surface area contributed by atoms with Gasteiger partial charge in [-0.2, -0.15) is 4.72 Å². The Morgan fingerprint density at radius 1 is 1.33 bits per heavy atom. The molecular formula is C10H12ClNO5S. The van der Waals surface area contributed by atoms with E-state index in [0.29, 0.717) is 5.02 Å². The Morgan fingerprint density at radius 2 is 1.83 bits per heavy atom. The van der Waals surface area contributed by atoms with Crippen molar-refractivity contribution >= 4 is 27.6 Å². The lowest BCUT2D eigenvalue weighted by Crippen LogP contribution is -2.47. The van der Waals surface area contributed by atoms with Gasteiger partial charge in [-0.15, -0.1) is 0 Å². The highest BCUT2D eigenvalue weighted by Crippen LogP contribution is 2.14. The van der Waals surface area contributed by atoms with Crippen LogP contribution in [0.25, 0.3) is 0 Å². The van der Waals surface area contributed by atoms with Gasteiger partial charge in [0, 0.05) is 5.02 Å². The summed E-state index contributed by atoms with van der Waals surface area (Å²) >= 11 is 5.62. The van der Waals surface area contributed by atoms with E-state index in [0.717, 1.165) is 0 Å². The second-order valence-electron chi connectivity index (χ2n) is 3.63. The summed E-state index contributed by atoms with van der Waals surface area (Å²) in [7, 11) is -4.02. The van der Waals surface area contributed by atoms with Crippen LogP contribution in [0.2, 0.25) is 5.02 Å². The standard InChI is InChI=1S/C10H12ClNO5S/c1-6(13)9(10(14)15)12-18(16,17)8-4-2-7(11)3-5-8/h2-6,9,12-13H,1H3,(H,14,15)/t6-,9+/m0/s1. The molecule has 100 valence electrons. The molecule has 3 N–H and O–H groups in total. The maximum atomic E-state index is 11.8. The van der Waals surface area contributed by atoms with Crippen LogP contribution in [0.4, 0.5) is 0 Å². The van der Waals surface area contributed by atoms with Gasteiger partial charge < -0.3 is 10.2 Å². The molecule has 6 nitrogen and oxygen atoms in total. The molecule has 0 bridgehead atoms. The number of rotatable bonds is 5. The van der Waals surface area contributed by atoms with Gasteiger partial charge in [0.2, 0.25) is 10.0 Å². The van der Waals surface area contributed by atoms with Gasteiger partial charge in [0.15, 0.2) is 0 Å². The largest absolute Gasteiger partial charge is 0.480 e. The molecule has 0 saturated carbocycles. The highest BCUT2D eigenvalue weighted by atomic mass is 35.5. The Kier molecular flexibility index (Phi) is 4.69. The summed E-state index contributed by atoms with van der Waals surface area (Å²) in [5, 5.41) is 18.4. The number of halogens is 1. The van der Waals surface area contributed by atoms with E-state index in [1.165, 1.54) is 31.2 Å². The summed E-state index contributed by atoms with van der Waals surface area (Å²) in [5.74, 6) is -1.46. The number of carboxylic acids is 1. The quantitative estimate of drug-likeness (QED) is 0.731. The van der Waals surface area contributed by atoms with Crippen LogP contribution in [0.3, 0.4) is 0 Å². The van der Waals surface area contributed by atoms with Crippen LogP contribution >= 0.6 is 11.6 Å². The average Bonchev–Trinajstić information content (AvgIpc) is 2.26. The number of aliphatic carboxylic acids is 1. The monoisotopic (exact) mass is 293 g/mol. The minimum Gasteiger partial charge on any atom is -0.480 e. The molecule has 0 radical (unpaired) electrons. The van der Waals surface area contributed by atoms with Crippen molar-refractivity contribution in [3.63, 3.8) is 0 Å². The fraction of sp³-hybridized carbons (Fsp3) is 0.300. The van der Waals surface area contributed by atoms with Crippen molar-refractivity contribution in [2.75, 3.05) is 0 Å². The summed E-state index contributed by atoms with van der Waals surface area (Å²) in [5.41, 5.74) is 0. The number of benzene rings is 1. The average molecular weight is 294 g/mol. The van der Waals surface area contributed by atoms with Gasteiger partial charge in [0.05, 0.1) is 11.0 Å². The number of nitrogens with one attached hydrogen (secondary N) is 1. The molecule has 1 rings (SSSR count). The first kappa shape index (κ1) is 14.9. The molecule has 0 amide bonds. The van der Waals surface area contributed by atoms with Crippen LogP contribution in [0.15, 0.2) is 29.2 Å². The maximum Gasteiger partial charge on any atom is 0.324 e. The van der Waals surface area contributed by atoms with Gasteiger partial charge in [-0.05, 0) is 31.2 Å². The number of sulfonamides is 1. The van der Waals surface area contributed by atoms with Crippen molar-refractivity contribution in [2.45, 2.75) is 24.0 Å². The molecular weight excluding hydrogens is 282 g/mol. The second kappa shape index (κ2) is 5.66. The Labute approximate surface area is 109 Å². The first-order valence-corrected chi connectivity index (χ1v) is 6.79. The first-order valence-electron chi connectivity index (χ1n) is 4.93. The maximum absolute atomic E-state index is 11.8. The van der Waals surface area contributed by atoms with E-state index < -0.39 is 28.1 Å². The van der Waals surface area contributed by atoms with Crippen LogP contribution < -0.4 is 4.72 Å². The Bertz CT molecular complexity index is 526. The SMILES string of the molecule is C[C@H](O)[C@@H](NS(=O)(=O)c1ccc(Cl)cc1)C(=O)O. The third-order valence-corrected chi connectivity index (χ3v) is 3.86. The van der Waals surface area contributed by atoms with E-state index in [2.05, 4.69) is 0 Å². The molecule has 0 fully saturated rings. The highest BCUT2D eigenvalue weighted by Gasteiger charge is 2.29. The van der Waals surface area contributed by atoms with Gasteiger partial charge >= 0.3 is 5.97 Å². The molecule has 0 aliphatic rings. The van der Waals surface area contributed by atoms with E-state index in [1.54, 1.807) is 0 Å². The number of aliphatic hydroxyl groups excluding tert-OH is 1. The number of hydrogen-bond donors (Lipinski definition) is 3. The third-order valence-electron chi connectivity index (χ3n) is 2.15. The van der Waals surface area contributed by atoms with Crippen molar-refractivity contribution in [1.82, 2.24) is 4.72 Å². The summed E-state index contributed by atoms with van der Waals surface area (Å²) in [6.07, 6.45) is -1.36. The van der Waals surface area contributed by atoms with Crippen LogP contribution in [-0.2, 0) is 14.8 Å². The normalized spacial score (nSPS) is 15.1. The van der Waals surface area contributed by atoms with Crippen molar-refractivity contribution in [1.29, 1.82) is 0 Å². The van der Waals surface area contributed by atoms with Crippen LogP contribution in [0, 0.1) is 0 Å². The smallest absolute Gasteiger partial charge is 0.324 e. The third kappa shape index (κ3) is 3.67. The molecule has 1 aromatic carbocycles. The van der Waals surface area contributed by atoms with Crippen LogP contribution in [-0.4, -0.2) is 36.7 Å². The molecule has 0 aromatic heterocycles. The van der Waals surface area contributed by atoms with Crippen molar-refractivity contribution in [3.8, 4) is 0 Å². The van der Waals surface area contributed by atoms with Gasteiger partial charge in [-0.25, -0.2) is 8.42 Å². The van der Waals surface area contributed by atoms with Gasteiger partial charge in [0.25, 0.3) is 0 Å². The summed E-state index contributed by atoms with van der Waals surface area (Å²) in [4.78, 5) is 10.7.